The zero-order valence-electron chi connectivity index (χ0n) is 23.9. The molecule has 6 nitrogen and oxygen atoms in total. The molecule has 0 spiro atoms. The molecule has 1 aromatic carbocycles. The fourth-order valence-corrected chi connectivity index (χ4v) is 10.3. The molecule has 0 radical (unpaired) electrons. The number of aromatic nitrogens is 3. The van der Waals surface area contributed by atoms with E-state index in [1.807, 2.05) is 35.1 Å². The van der Waals surface area contributed by atoms with Crippen molar-refractivity contribution in [2.24, 2.45) is 34.5 Å². The minimum atomic E-state index is -0.423. The minimum absolute atomic E-state index is 0.00266. The van der Waals surface area contributed by atoms with Gasteiger partial charge in [0.05, 0.1) is 53.3 Å². The number of para-hydroxylation sites is 1. The summed E-state index contributed by atoms with van der Waals surface area (Å²) < 4.78 is 1.98. The SMILES string of the molecule is CC12Cc3cnn(CCC#N)c3C=C1CCC1C2C(O)CC2(C)C(C(=O)CSc3ccc4ccccc4n3)CCC12. The van der Waals surface area contributed by atoms with Gasteiger partial charge in [0.15, 0.2) is 0 Å². The second kappa shape index (κ2) is 10.1. The number of rotatable bonds is 6. The molecule has 3 fully saturated rings. The predicted molar refractivity (Wildman–Crippen MR) is 161 cm³/mol. The van der Waals surface area contributed by atoms with Crippen LogP contribution in [-0.2, 0) is 17.8 Å². The number of pyridine rings is 1. The van der Waals surface area contributed by atoms with Gasteiger partial charge in [0.1, 0.15) is 5.78 Å². The van der Waals surface area contributed by atoms with Crippen LogP contribution in [0.1, 0.15) is 63.6 Å². The smallest absolute Gasteiger partial charge is 0.146 e. The lowest BCUT2D eigenvalue weighted by Gasteiger charge is -2.59. The number of carbonyl (C=O) groups is 1. The second-order valence-corrected chi connectivity index (χ2v) is 14.3. The van der Waals surface area contributed by atoms with Gasteiger partial charge in [-0.1, -0.05) is 55.4 Å². The molecule has 0 saturated heterocycles. The van der Waals surface area contributed by atoms with Crippen LogP contribution in [0.3, 0.4) is 0 Å². The molecule has 4 aliphatic rings. The highest BCUT2D eigenvalue weighted by Gasteiger charge is 2.63. The fourth-order valence-electron chi connectivity index (χ4n) is 9.48. The number of hydrogen-bond donors (Lipinski definition) is 1. The van der Waals surface area contributed by atoms with Crippen molar-refractivity contribution in [1.29, 1.82) is 5.26 Å². The Morgan fingerprint density at radius 1 is 1.20 bits per heavy atom. The number of thioether (sulfide) groups is 1. The van der Waals surface area contributed by atoms with E-state index in [0.717, 1.165) is 53.7 Å². The molecule has 41 heavy (non-hydrogen) atoms. The first kappa shape index (κ1) is 26.9. The van der Waals surface area contributed by atoms with Gasteiger partial charge in [-0.2, -0.15) is 10.4 Å². The molecule has 2 aromatic heterocycles. The molecule has 7 atom stereocenters. The molecule has 7 unspecified atom stereocenters. The number of aryl methyl sites for hydroxylation is 1. The number of Topliss-reactive ketones (excluding diaryl/α,β-unsaturated/α-hetero) is 1. The third-order valence-corrected chi connectivity index (χ3v) is 12.2. The second-order valence-electron chi connectivity index (χ2n) is 13.3. The largest absolute Gasteiger partial charge is 0.393 e. The van der Waals surface area contributed by atoms with Crippen LogP contribution in [-0.4, -0.2) is 37.5 Å². The van der Waals surface area contributed by atoms with Crippen LogP contribution in [0.5, 0.6) is 0 Å². The predicted octanol–water partition coefficient (Wildman–Crippen LogP) is 6.48. The molecule has 0 amide bonds. The van der Waals surface area contributed by atoms with Crippen LogP contribution < -0.4 is 0 Å². The molecule has 7 heteroatoms. The Balaban J connectivity index is 1.09. The lowest BCUT2D eigenvalue weighted by Crippen LogP contribution is -2.57. The standard InChI is InChI=1S/C34H38N4O2S/c1-33-17-22-19-36-38(15-5-14-35)28(22)16-23(33)9-10-24-25-11-12-26(34(25,2)18-29(39)32(24)33)30(40)20-41-31-13-8-21-6-3-4-7-27(21)37-31/h3-4,6-8,13,16,19,24-26,29,32,39H,5,9-12,15,17-18,20H2,1-2H3. The average Bonchev–Trinajstić information content (AvgIpc) is 3.52. The quantitative estimate of drug-likeness (QED) is 0.344. The Kier molecular flexibility index (Phi) is 6.63. The minimum Gasteiger partial charge on any atom is -0.393 e. The summed E-state index contributed by atoms with van der Waals surface area (Å²) in [6.45, 7) is 5.28. The van der Waals surface area contributed by atoms with Gasteiger partial charge in [-0.25, -0.2) is 4.98 Å². The van der Waals surface area contributed by atoms with Gasteiger partial charge in [0.25, 0.3) is 0 Å². The average molecular weight is 567 g/mol. The molecular formula is C34H38N4O2S. The van der Waals surface area contributed by atoms with E-state index in [9.17, 15) is 9.90 Å². The molecular weight excluding hydrogens is 528 g/mol. The number of hydrogen-bond acceptors (Lipinski definition) is 6. The Morgan fingerprint density at radius 3 is 2.90 bits per heavy atom. The molecule has 2 heterocycles. The normalized spacial score (nSPS) is 33.7. The zero-order valence-corrected chi connectivity index (χ0v) is 24.7. The lowest BCUT2D eigenvalue weighted by atomic mass is 9.46. The number of allylic oxidation sites excluding steroid dienone is 1. The van der Waals surface area contributed by atoms with E-state index in [1.54, 1.807) is 11.8 Å². The van der Waals surface area contributed by atoms with Gasteiger partial charge in [0, 0.05) is 11.3 Å². The van der Waals surface area contributed by atoms with Crippen LogP contribution in [0.25, 0.3) is 17.0 Å². The molecule has 4 aliphatic carbocycles. The number of ketones is 1. The molecule has 3 aromatic rings. The number of aliphatic hydroxyl groups excluding tert-OH is 1. The maximum atomic E-state index is 13.7. The van der Waals surface area contributed by atoms with E-state index >= 15 is 0 Å². The van der Waals surface area contributed by atoms with Crippen molar-refractivity contribution in [1.82, 2.24) is 14.8 Å². The van der Waals surface area contributed by atoms with Crippen LogP contribution in [0.15, 0.2) is 53.2 Å². The lowest BCUT2D eigenvalue weighted by molar-refractivity contribution is -0.140. The Hall–Kier alpha value is -2.95. The van der Waals surface area contributed by atoms with Crippen molar-refractivity contribution < 1.29 is 9.90 Å². The third kappa shape index (κ3) is 4.29. The summed E-state index contributed by atoms with van der Waals surface area (Å²) in [6.07, 6.45) is 10.0. The fraction of sp³-hybridized carbons (Fsp3) is 0.529. The van der Waals surface area contributed by atoms with E-state index in [-0.39, 0.29) is 22.7 Å². The van der Waals surface area contributed by atoms with Gasteiger partial charge >= 0.3 is 0 Å². The zero-order chi connectivity index (χ0) is 28.4. The van der Waals surface area contributed by atoms with Crippen LogP contribution in [0.4, 0.5) is 0 Å². The Morgan fingerprint density at radius 2 is 2.05 bits per heavy atom. The highest BCUT2D eigenvalue weighted by Crippen LogP contribution is 2.66. The van der Waals surface area contributed by atoms with E-state index < -0.39 is 6.10 Å². The van der Waals surface area contributed by atoms with E-state index in [2.05, 4.69) is 43.2 Å². The van der Waals surface area contributed by atoms with Crippen molar-refractivity contribution in [2.45, 2.75) is 76.5 Å². The van der Waals surface area contributed by atoms with Gasteiger partial charge in [-0.05, 0) is 90.9 Å². The maximum absolute atomic E-state index is 13.7. The van der Waals surface area contributed by atoms with Crippen molar-refractivity contribution in [3.63, 3.8) is 0 Å². The van der Waals surface area contributed by atoms with Crippen molar-refractivity contribution in [3.05, 3.63) is 59.4 Å². The summed E-state index contributed by atoms with van der Waals surface area (Å²) in [7, 11) is 0. The molecule has 0 bridgehead atoms. The molecule has 3 saturated carbocycles. The van der Waals surface area contributed by atoms with Crippen LogP contribution >= 0.6 is 11.8 Å². The van der Waals surface area contributed by atoms with Crippen LogP contribution in [0.2, 0.25) is 0 Å². The van der Waals surface area contributed by atoms with Gasteiger partial charge in [-0.3, -0.25) is 9.48 Å². The topological polar surface area (TPSA) is 91.8 Å². The summed E-state index contributed by atoms with van der Waals surface area (Å²) in [5.41, 5.74) is 4.51. The summed E-state index contributed by atoms with van der Waals surface area (Å²) in [5.74, 6) is 1.83. The molecule has 7 rings (SSSR count). The molecule has 0 aliphatic heterocycles. The van der Waals surface area contributed by atoms with Gasteiger partial charge in [-0.15, -0.1) is 0 Å². The van der Waals surface area contributed by atoms with Crippen LogP contribution in [0, 0.1) is 45.8 Å². The summed E-state index contributed by atoms with van der Waals surface area (Å²) in [6, 6.07) is 14.4. The number of fused-ring (bicyclic) bond motifs is 7. The van der Waals surface area contributed by atoms with E-state index in [0.29, 0.717) is 42.8 Å². The first-order chi connectivity index (χ1) is 19.8. The van der Waals surface area contributed by atoms with Crippen molar-refractivity contribution >= 4 is 34.5 Å². The monoisotopic (exact) mass is 566 g/mol. The van der Waals surface area contributed by atoms with Crippen molar-refractivity contribution in [2.75, 3.05) is 5.75 Å². The number of carbonyl (C=O) groups excluding carboxylic acids is 1. The highest BCUT2D eigenvalue weighted by atomic mass is 32.2. The first-order valence-electron chi connectivity index (χ1n) is 15.1. The summed E-state index contributed by atoms with van der Waals surface area (Å²) >= 11 is 1.55. The Bertz CT molecular complexity index is 1590. The Labute approximate surface area is 246 Å². The molecule has 212 valence electrons. The number of nitrogens with zero attached hydrogens (tertiary/aromatic N) is 4. The number of aliphatic hydroxyl groups is 1. The third-order valence-electron chi connectivity index (χ3n) is 11.3. The first-order valence-corrected chi connectivity index (χ1v) is 16.1. The summed E-state index contributed by atoms with van der Waals surface area (Å²) in [4.78, 5) is 18.5. The van der Waals surface area contributed by atoms with E-state index in [1.165, 1.54) is 11.1 Å². The van der Waals surface area contributed by atoms with E-state index in [4.69, 9.17) is 10.2 Å². The highest BCUT2D eigenvalue weighted by molar-refractivity contribution is 7.99. The number of benzene rings is 1. The maximum Gasteiger partial charge on any atom is 0.146 e. The number of nitriles is 1. The summed E-state index contributed by atoms with van der Waals surface area (Å²) in [5, 5.41) is 27.6. The van der Waals surface area contributed by atoms with Gasteiger partial charge in [0.2, 0.25) is 0 Å². The van der Waals surface area contributed by atoms with Gasteiger partial charge < -0.3 is 5.11 Å². The van der Waals surface area contributed by atoms with Crippen molar-refractivity contribution in [3.8, 4) is 6.07 Å². The molecule has 1 N–H and O–H groups in total.